The Labute approximate surface area is 324 Å². The number of nitrogen functional groups attached to an aromatic ring is 2. The van der Waals surface area contributed by atoms with Crippen LogP contribution < -0.4 is 33.6 Å². The number of aromatic nitrogens is 2. The molecule has 1 heterocycles. The Balaban J connectivity index is 1.40. The summed E-state index contributed by atoms with van der Waals surface area (Å²) in [6.07, 6.45) is 11.5. The Morgan fingerprint density at radius 1 is 0.852 bits per heavy atom. The van der Waals surface area contributed by atoms with Gasteiger partial charge < -0.3 is 43.4 Å². The summed E-state index contributed by atoms with van der Waals surface area (Å²) >= 11 is 5.85. The quantitative estimate of drug-likeness (QED) is 0.0333. The Morgan fingerprint density at radius 3 is 2.19 bits per heavy atom. The molecule has 298 valence electrons. The molecule has 0 bridgehead atoms. The first-order chi connectivity index (χ1) is 26.0. The minimum absolute atomic E-state index is 0.0512. The number of amides is 2. The van der Waals surface area contributed by atoms with E-state index in [9.17, 15) is 14.7 Å². The van der Waals surface area contributed by atoms with E-state index in [1.54, 1.807) is 0 Å². The zero-order valence-electron chi connectivity index (χ0n) is 31.7. The predicted molar refractivity (Wildman–Crippen MR) is 218 cm³/mol. The van der Waals surface area contributed by atoms with E-state index in [0.717, 1.165) is 80.9 Å². The molecule has 12 N–H and O–H groups in total. The average Bonchev–Trinajstić information content (AvgIpc) is 3.15. The first kappa shape index (κ1) is 44.3. The Morgan fingerprint density at radius 2 is 1.52 bits per heavy atom. The van der Waals surface area contributed by atoms with E-state index in [1.807, 2.05) is 0 Å². The van der Waals surface area contributed by atoms with Crippen molar-refractivity contribution in [1.82, 2.24) is 25.5 Å². The first-order valence-electron chi connectivity index (χ1n) is 19.3. The number of unbranched alkanes of at least 4 members (excludes halogenated alkanes) is 5. The van der Waals surface area contributed by atoms with Crippen LogP contribution in [0.1, 0.15) is 99.2 Å². The van der Waals surface area contributed by atoms with Crippen molar-refractivity contribution in [3.05, 3.63) is 58.4 Å². The Bertz CT molecular complexity index is 1640. The minimum Gasteiger partial charge on any atom is -0.394 e. The molecular weight excluding hydrogens is 708 g/mol. The fourth-order valence-electron chi connectivity index (χ4n) is 6.26. The molecule has 2 amide bonds. The highest BCUT2D eigenvalue weighted by atomic mass is 35.5. The van der Waals surface area contributed by atoms with E-state index in [2.05, 4.69) is 73.8 Å². The van der Waals surface area contributed by atoms with Gasteiger partial charge in [0, 0.05) is 6.54 Å². The lowest BCUT2D eigenvalue weighted by Crippen LogP contribution is -2.42. The standard InChI is InChI=1S/C39H61ClN10O4/c1-2-3-4-8-21-50(22-9-6-12-31(52)26-51)23-10-20-45-32(37(43)53)18-15-28-14-17-29-24-27(13-16-30(29)25-28)11-5-7-19-46-39(44)49-38(54)33-35(41)48-36(42)34(40)47-33/h13-14,16-17,24-25,31-32,45,51-52H,2-12,15,18-23,26H2,1H3,(H2,43,53)(H4,41,42,48)(H3,44,46,49,54)/t31-,32-/m0/s1. The molecule has 14 nitrogen and oxygen atoms in total. The van der Waals surface area contributed by atoms with Gasteiger partial charge in [-0.05, 0) is 112 Å². The van der Waals surface area contributed by atoms with E-state index >= 15 is 0 Å². The maximum absolute atomic E-state index is 12.4. The largest absolute Gasteiger partial charge is 0.394 e. The number of benzene rings is 2. The van der Waals surface area contributed by atoms with Crippen molar-refractivity contribution in [3.8, 4) is 0 Å². The summed E-state index contributed by atoms with van der Waals surface area (Å²) in [5, 5.41) is 26.7. The molecule has 1 aromatic heterocycles. The van der Waals surface area contributed by atoms with Gasteiger partial charge in [0.15, 0.2) is 28.4 Å². The minimum atomic E-state index is -0.671. The first-order valence-corrected chi connectivity index (χ1v) is 19.6. The number of anilines is 2. The molecule has 3 aromatic rings. The van der Waals surface area contributed by atoms with Crippen LogP contribution in [0.2, 0.25) is 5.15 Å². The van der Waals surface area contributed by atoms with Gasteiger partial charge in [0.2, 0.25) is 5.91 Å². The van der Waals surface area contributed by atoms with Crippen LogP contribution in [0, 0.1) is 0 Å². The van der Waals surface area contributed by atoms with Gasteiger partial charge in [-0.25, -0.2) is 9.97 Å². The highest BCUT2D eigenvalue weighted by Crippen LogP contribution is 2.21. The SMILES string of the molecule is CCCCCCN(CCCC[C@H](O)CO)CCCN[C@@H](CCc1ccc2cc(CCCCN=C(N)NC(=O)c3nc(Cl)c(N)nc3N)ccc2c1)C(N)=O. The number of hydrogen-bond donors (Lipinski definition) is 8. The lowest BCUT2D eigenvalue weighted by molar-refractivity contribution is -0.120. The molecule has 0 saturated heterocycles. The summed E-state index contributed by atoms with van der Waals surface area (Å²) in [5.74, 6) is -1.28. The smallest absolute Gasteiger partial charge is 0.280 e. The maximum atomic E-state index is 12.4. The van der Waals surface area contributed by atoms with Gasteiger partial charge in [-0.3, -0.25) is 19.9 Å². The molecule has 0 unspecified atom stereocenters. The molecule has 0 radical (unpaired) electrons. The van der Waals surface area contributed by atoms with Crippen LogP contribution in [-0.4, -0.2) is 94.3 Å². The summed E-state index contributed by atoms with van der Waals surface area (Å²) in [4.78, 5) is 39.1. The van der Waals surface area contributed by atoms with Crippen molar-refractivity contribution in [1.29, 1.82) is 0 Å². The van der Waals surface area contributed by atoms with Crippen molar-refractivity contribution >= 4 is 51.8 Å². The predicted octanol–water partition coefficient (Wildman–Crippen LogP) is 3.69. The van der Waals surface area contributed by atoms with Gasteiger partial charge in [0.05, 0.1) is 18.8 Å². The number of aliphatic hydroxyl groups excluding tert-OH is 2. The van der Waals surface area contributed by atoms with Crippen molar-refractivity contribution in [2.45, 2.75) is 103 Å². The molecule has 0 spiro atoms. The molecule has 3 rings (SSSR count). The van der Waals surface area contributed by atoms with E-state index in [-0.39, 0.29) is 41.0 Å². The number of aliphatic hydroxyl groups is 2. The van der Waals surface area contributed by atoms with Gasteiger partial charge in [-0.15, -0.1) is 0 Å². The number of nitrogens with zero attached hydrogens (tertiary/aromatic N) is 4. The van der Waals surface area contributed by atoms with Crippen molar-refractivity contribution in [3.63, 3.8) is 0 Å². The number of halogens is 1. The number of primary amides is 1. The van der Waals surface area contributed by atoms with Gasteiger partial charge in [-0.2, -0.15) is 0 Å². The number of nitrogens with one attached hydrogen (secondary N) is 2. The normalized spacial score (nSPS) is 13.0. The van der Waals surface area contributed by atoms with Gasteiger partial charge in [0.25, 0.3) is 5.91 Å². The Kier molecular flexibility index (Phi) is 20.0. The summed E-state index contributed by atoms with van der Waals surface area (Å²) in [6, 6.07) is 12.5. The second kappa shape index (κ2) is 24.4. The monoisotopic (exact) mass is 768 g/mol. The number of carbonyl (C=O) groups excluding carboxylic acids is 2. The zero-order valence-corrected chi connectivity index (χ0v) is 32.5. The molecule has 0 aliphatic carbocycles. The van der Waals surface area contributed by atoms with Crippen molar-refractivity contribution in [2.24, 2.45) is 16.5 Å². The van der Waals surface area contributed by atoms with E-state index in [1.165, 1.54) is 31.2 Å². The van der Waals surface area contributed by atoms with Crippen LogP contribution in [0.15, 0.2) is 41.4 Å². The van der Waals surface area contributed by atoms with Crippen molar-refractivity contribution < 1.29 is 19.8 Å². The van der Waals surface area contributed by atoms with E-state index in [4.69, 9.17) is 39.6 Å². The van der Waals surface area contributed by atoms with Crippen LogP contribution in [-0.2, 0) is 17.6 Å². The zero-order chi connectivity index (χ0) is 39.3. The van der Waals surface area contributed by atoms with Gasteiger partial charge >= 0.3 is 0 Å². The van der Waals surface area contributed by atoms with E-state index in [0.29, 0.717) is 25.9 Å². The van der Waals surface area contributed by atoms with Crippen LogP contribution in [0.3, 0.4) is 0 Å². The number of guanidine groups is 1. The lowest BCUT2D eigenvalue weighted by atomic mass is 9.98. The average molecular weight is 769 g/mol. The fraction of sp³-hybridized carbons (Fsp3) is 0.564. The molecule has 2 aromatic carbocycles. The number of aryl methyl sites for hydroxylation is 2. The molecule has 15 heteroatoms. The van der Waals surface area contributed by atoms with Gasteiger partial charge in [0.1, 0.15) is 0 Å². The molecule has 0 fully saturated rings. The number of hydrogen-bond acceptors (Lipinski definition) is 11. The topological polar surface area (TPSA) is 244 Å². The molecule has 0 aliphatic heterocycles. The lowest BCUT2D eigenvalue weighted by Gasteiger charge is -2.23. The number of fused-ring (bicyclic) bond motifs is 1. The third-order valence-electron chi connectivity index (χ3n) is 9.39. The Hall–Kier alpha value is -4.08. The number of aliphatic imine (C=N–C) groups is 1. The van der Waals surface area contributed by atoms with Gasteiger partial charge in [-0.1, -0.05) is 74.2 Å². The molecule has 0 aliphatic rings. The fourth-order valence-corrected chi connectivity index (χ4v) is 6.39. The highest BCUT2D eigenvalue weighted by Gasteiger charge is 2.17. The van der Waals surface area contributed by atoms with Crippen LogP contribution >= 0.6 is 11.6 Å². The summed E-state index contributed by atoms with van der Waals surface area (Å²) in [7, 11) is 0. The van der Waals surface area contributed by atoms with Crippen LogP contribution in [0.4, 0.5) is 11.6 Å². The number of carbonyl (C=O) groups is 2. The third-order valence-corrected chi connectivity index (χ3v) is 9.67. The second-order valence-electron chi connectivity index (χ2n) is 13.9. The maximum Gasteiger partial charge on any atom is 0.280 e. The summed E-state index contributed by atoms with van der Waals surface area (Å²) < 4.78 is 0. The molecule has 2 atom stereocenters. The molecule has 54 heavy (non-hydrogen) atoms. The highest BCUT2D eigenvalue weighted by molar-refractivity contribution is 6.31. The number of nitrogens with two attached hydrogens (primary N) is 4. The van der Waals surface area contributed by atoms with Crippen LogP contribution in [0.5, 0.6) is 0 Å². The number of rotatable bonds is 26. The third kappa shape index (κ3) is 16.1. The van der Waals surface area contributed by atoms with Crippen molar-refractivity contribution in [2.75, 3.05) is 50.8 Å². The summed E-state index contributed by atoms with van der Waals surface area (Å²) in [6.45, 7) is 6.14. The van der Waals surface area contributed by atoms with Crippen LogP contribution in [0.25, 0.3) is 10.8 Å². The van der Waals surface area contributed by atoms with E-state index < -0.39 is 18.1 Å². The summed E-state index contributed by atoms with van der Waals surface area (Å²) in [5.41, 5.74) is 25.1. The molecule has 0 saturated carbocycles. The molecular formula is C39H61ClN10O4. The second-order valence-corrected chi connectivity index (χ2v) is 14.2.